The Morgan fingerprint density at radius 1 is 1.26 bits per heavy atom. The molecule has 0 rings (SSSR count). The first-order chi connectivity index (χ1) is 8.44. The topological polar surface area (TPSA) is 92.7 Å². The zero-order valence-corrected chi connectivity index (χ0v) is 12.6. The maximum atomic E-state index is 11.3. The average Bonchev–Trinajstić information content (AvgIpc) is 2.22. The number of phosphoric ester groups is 1. The van der Waals surface area contributed by atoms with Crippen molar-refractivity contribution in [3.05, 3.63) is 12.2 Å². The van der Waals surface area contributed by atoms with Crippen LogP contribution in [0.2, 0.25) is 0 Å². The van der Waals surface area contributed by atoms with E-state index in [4.69, 9.17) is 0 Å². The van der Waals surface area contributed by atoms with Gasteiger partial charge in [-0.15, -0.1) is 0 Å². The lowest BCUT2D eigenvalue weighted by Gasteiger charge is -2.27. The summed E-state index contributed by atoms with van der Waals surface area (Å²) >= 11 is 0. The summed E-state index contributed by atoms with van der Waals surface area (Å²) in [6.45, 7) is 4.17. The molecular formula is C11H20NO6P. The maximum Gasteiger partial charge on any atom is 0.268 e. The van der Waals surface area contributed by atoms with Crippen molar-refractivity contribution in [3.8, 4) is 0 Å². The van der Waals surface area contributed by atoms with Gasteiger partial charge in [-0.25, -0.2) is 0 Å². The van der Waals surface area contributed by atoms with E-state index in [-0.39, 0.29) is 12.2 Å². The maximum absolute atomic E-state index is 11.3. The predicted molar refractivity (Wildman–Crippen MR) is 67.2 cm³/mol. The third kappa shape index (κ3) is 8.80. The summed E-state index contributed by atoms with van der Waals surface area (Å²) in [5, 5.41) is 0. The van der Waals surface area contributed by atoms with Crippen LogP contribution in [0.1, 0.15) is 6.92 Å². The Bertz CT molecular complexity index is 412. The van der Waals surface area contributed by atoms with Crippen molar-refractivity contribution in [2.75, 3.05) is 40.9 Å². The first kappa shape index (κ1) is 18.1. The standard InChI is InChI=1S/C11H20NO6P/c1-9(2)11(14)10(13)8-18-19(15,16)17-7-6-12(3,4)5/h1,6-8H2,2-5H3. The largest absolute Gasteiger partial charge is 0.756 e. The second kappa shape index (κ2) is 7.07. The van der Waals surface area contributed by atoms with E-state index < -0.39 is 26.0 Å². The smallest absolute Gasteiger partial charge is 0.268 e. The molecule has 110 valence electrons. The second-order valence-electron chi connectivity index (χ2n) is 5.10. The number of hydrogen-bond donors (Lipinski definition) is 0. The molecule has 0 radical (unpaired) electrons. The minimum absolute atomic E-state index is 0.0280. The molecule has 7 nitrogen and oxygen atoms in total. The summed E-state index contributed by atoms with van der Waals surface area (Å²) in [7, 11) is 1.05. The van der Waals surface area contributed by atoms with Crippen molar-refractivity contribution < 1.29 is 32.6 Å². The summed E-state index contributed by atoms with van der Waals surface area (Å²) in [4.78, 5) is 33.7. The number of hydrogen-bond acceptors (Lipinski definition) is 6. The van der Waals surface area contributed by atoms with Crippen LogP contribution in [0.5, 0.6) is 0 Å². The Hall–Kier alpha value is -0.850. The Morgan fingerprint density at radius 3 is 2.21 bits per heavy atom. The zero-order chi connectivity index (χ0) is 15.3. The third-order valence-corrected chi connectivity index (χ3v) is 2.95. The van der Waals surface area contributed by atoms with E-state index >= 15 is 0 Å². The Morgan fingerprint density at radius 2 is 1.79 bits per heavy atom. The van der Waals surface area contributed by atoms with Crippen molar-refractivity contribution in [2.45, 2.75) is 6.92 Å². The molecule has 19 heavy (non-hydrogen) atoms. The van der Waals surface area contributed by atoms with Gasteiger partial charge in [0.2, 0.25) is 11.6 Å². The molecule has 0 aromatic carbocycles. The van der Waals surface area contributed by atoms with Crippen LogP contribution in [-0.2, 0) is 23.2 Å². The van der Waals surface area contributed by atoms with Crippen LogP contribution in [0.3, 0.4) is 0 Å². The van der Waals surface area contributed by atoms with Gasteiger partial charge in [0, 0.05) is 0 Å². The number of quaternary nitrogens is 1. The third-order valence-electron chi connectivity index (χ3n) is 2.01. The van der Waals surface area contributed by atoms with Crippen molar-refractivity contribution in [1.82, 2.24) is 0 Å². The molecule has 1 unspecified atom stereocenters. The van der Waals surface area contributed by atoms with Crippen LogP contribution >= 0.6 is 7.82 Å². The van der Waals surface area contributed by atoms with E-state index in [1.54, 1.807) is 0 Å². The van der Waals surface area contributed by atoms with E-state index in [0.717, 1.165) is 0 Å². The van der Waals surface area contributed by atoms with E-state index in [1.165, 1.54) is 6.92 Å². The van der Waals surface area contributed by atoms with Gasteiger partial charge in [-0.3, -0.25) is 14.2 Å². The van der Waals surface area contributed by atoms with Gasteiger partial charge in [-0.05, 0) is 12.5 Å². The van der Waals surface area contributed by atoms with Crippen molar-refractivity contribution in [1.29, 1.82) is 0 Å². The number of ketones is 2. The first-order valence-corrected chi connectivity index (χ1v) is 7.04. The average molecular weight is 293 g/mol. The molecular weight excluding hydrogens is 273 g/mol. The summed E-state index contributed by atoms with van der Waals surface area (Å²) in [6, 6.07) is 0. The fourth-order valence-electron chi connectivity index (χ4n) is 0.905. The van der Waals surface area contributed by atoms with Gasteiger partial charge in [0.1, 0.15) is 19.8 Å². The van der Waals surface area contributed by atoms with Gasteiger partial charge < -0.3 is 18.4 Å². The number of carbonyl (C=O) groups excluding carboxylic acids is 2. The lowest BCUT2D eigenvalue weighted by atomic mass is 10.1. The van der Waals surface area contributed by atoms with Crippen LogP contribution in [0.4, 0.5) is 0 Å². The molecule has 1 atom stereocenters. The van der Waals surface area contributed by atoms with Gasteiger partial charge >= 0.3 is 0 Å². The van der Waals surface area contributed by atoms with Crippen LogP contribution in [0, 0.1) is 0 Å². The molecule has 0 saturated heterocycles. The number of likely N-dealkylation sites (N-methyl/N-ethyl adjacent to an activating group) is 1. The van der Waals surface area contributed by atoms with Crippen molar-refractivity contribution >= 4 is 19.4 Å². The second-order valence-corrected chi connectivity index (χ2v) is 6.51. The monoisotopic (exact) mass is 293 g/mol. The molecule has 0 saturated carbocycles. The number of allylic oxidation sites excluding steroid dienone is 1. The van der Waals surface area contributed by atoms with E-state index in [1.807, 2.05) is 21.1 Å². The first-order valence-electron chi connectivity index (χ1n) is 5.58. The van der Waals surface area contributed by atoms with Crippen molar-refractivity contribution in [3.63, 3.8) is 0 Å². The molecule has 0 amide bonds. The van der Waals surface area contributed by atoms with Gasteiger partial charge in [-0.2, -0.15) is 0 Å². The van der Waals surface area contributed by atoms with Crippen molar-refractivity contribution in [2.24, 2.45) is 0 Å². The normalized spacial score (nSPS) is 14.8. The number of Topliss-reactive ketones (excluding diaryl/α,β-unsaturated/α-hetero) is 2. The Balaban J connectivity index is 4.18. The Kier molecular flexibility index (Phi) is 6.76. The highest BCUT2D eigenvalue weighted by Crippen LogP contribution is 2.37. The molecule has 0 aliphatic carbocycles. The lowest BCUT2D eigenvalue weighted by Crippen LogP contribution is -2.37. The van der Waals surface area contributed by atoms with Crippen LogP contribution in [0.15, 0.2) is 12.2 Å². The highest BCUT2D eigenvalue weighted by atomic mass is 31.2. The molecule has 0 aliphatic heterocycles. The molecule has 8 heteroatoms. The van der Waals surface area contributed by atoms with Crippen LogP contribution < -0.4 is 4.89 Å². The van der Waals surface area contributed by atoms with E-state index in [0.29, 0.717) is 11.0 Å². The molecule has 0 bridgehead atoms. The number of nitrogens with zero attached hydrogens (tertiary/aromatic N) is 1. The fourth-order valence-corrected chi connectivity index (χ4v) is 1.56. The molecule has 0 spiro atoms. The minimum atomic E-state index is -4.57. The van der Waals surface area contributed by atoms with Gasteiger partial charge in [-0.1, -0.05) is 6.58 Å². The SMILES string of the molecule is C=C(C)C(=O)C(=O)COP(=O)([O-])OCC[N+](C)(C)C. The van der Waals surface area contributed by atoms with Gasteiger partial charge in [0.05, 0.1) is 21.1 Å². The summed E-state index contributed by atoms with van der Waals surface area (Å²) in [6.07, 6.45) is 0. The van der Waals surface area contributed by atoms with E-state index in [2.05, 4.69) is 15.6 Å². The molecule has 0 aliphatic rings. The van der Waals surface area contributed by atoms with Gasteiger partial charge in [0.25, 0.3) is 7.82 Å². The summed E-state index contributed by atoms with van der Waals surface area (Å²) in [5.41, 5.74) is 0.0280. The van der Waals surface area contributed by atoms with E-state index in [9.17, 15) is 19.0 Å². The van der Waals surface area contributed by atoms with Gasteiger partial charge in [0.15, 0.2) is 0 Å². The molecule has 0 aromatic rings. The molecule has 0 heterocycles. The quantitative estimate of drug-likeness (QED) is 0.255. The Labute approximate surface area is 113 Å². The summed E-state index contributed by atoms with van der Waals surface area (Å²) in [5.74, 6) is -1.83. The predicted octanol–water partition coefficient (Wildman–Crippen LogP) is -0.0915. The highest BCUT2D eigenvalue weighted by Gasteiger charge is 2.19. The minimum Gasteiger partial charge on any atom is -0.756 e. The molecule has 0 fully saturated rings. The lowest BCUT2D eigenvalue weighted by molar-refractivity contribution is -0.870. The summed E-state index contributed by atoms with van der Waals surface area (Å²) < 4.78 is 20.7. The molecule has 0 aromatic heterocycles. The number of phosphoric acid groups is 1. The number of carbonyl (C=O) groups is 2. The van der Waals surface area contributed by atoms with Crippen LogP contribution in [0.25, 0.3) is 0 Å². The van der Waals surface area contributed by atoms with Crippen LogP contribution in [-0.4, -0.2) is 57.0 Å². The highest BCUT2D eigenvalue weighted by molar-refractivity contribution is 7.45. The fraction of sp³-hybridized carbons (Fsp3) is 0.636. The zero-order valence-electron chi connectivity index (χ0n) is 11.7. The molecule has 0 N–H and O–H groups in total. The number of rotatable bonds is 9.